The van der Waals surface area contributed by atoms with Crippen molar-refractivity contribution in [1.82, 2.24) is 0 Å². The average Bonchev–Trinajstić information content (AvgIpc) is 3.62. The summed E-state index contributed by atoms with van der Waals surface area (Å²) in [6, 6.07) is 73.4. The fourth-order valence-corrected chi connectivity index (χ4v) is 7.80. The third-order valence-electron chi connectivity index (χ3n) is 10.2. The van der Waals surface area contributed by atoms with Crippen LogP contribution in [0.25, 0.3) is 54.6 Å². The molecular weight excluding hydrogens is 645 g/mol. The summed E-state index contributed by atoms with van der Waals surface area (Å²) in [4.78, 5) is 4.70. The largest absolute Gasteiger partial charge is 0.456 e. The van der Waals surface area contributed by atoms with Gasteiger partial charge in [0, 0.05) is 33.5 Å². The third kappa shape index (κ3) is 5.38. The molecule has 10 rings (SSSR count). The summed E-state index contributed by atoms with van der Waals surface area (Å²) in [5, 5.41) is 7.01. The lowest BCUT2D eigenvalue weighted by molar-refractivity contribution is 0.669. The van der Waals surface area contributed by atoms with Crippen molar-refractivity contribution in [3.8, 4) is 11.1 Å². The Morgan fingerprint density at radius 3 is 1.60 bits per heavy atom. The van der Waals surface area contributed by atoms with Crippen molar-refractivity contribution in [1.29, 1.82) is 0 Å². The van der Waals surface area contributed by atoms with Gasteiger partial charge in [0.15, 0.2) is 0 Å². The van der Waals surface area contributed by atoms with Gasteiger partial charge in [0.25, 0.3) is 0 Å². The van der Waals surface area contributed by atoms with Gasteiger partial charge < -0.3 is 14.2 Å². The Morgan fingerprint density at radius 1 is 0.321 bits per heavy atom. The topological polar surface area (TPSA) is 19.6 Å². The van der Waals surface area contributed by atoms with Crippen LogP contribution in [0.4, 0.5) is 34.1 Å². The van der Waals surface area contributed by atoms with E-state index >= 15 is 0 Å². The van der Waals surface area contributed by atoms with Crippen LogP contribution in [-0.2, 0) is 0 Å². The second kappa shape index (κ2) is 12.9. The molecule has 0 aliphatic rings. The zero-order valence-corrected chi connectivity index (χ0v) is 28.9. The van der Waals surface area contributed by atoms with E-state index in [0.29, 0.717) is 0 Å². The van der Waals surface area contributed by atoms with Gasteiger partial charge in [-0.1, -0.05) is 127 Å². The molecule has 1 heterocycles. The second-order valence-electron chi connectivity index (χ2n) is 13.3. The lowest BCUT2D eigenvalue weighted by Gasteiger charge is -2.29. The quantitative estimate of drug-likeness (QED) is 0.167. The number of rotatable bonds is 7. The maximum Gasteiger partial charge on any atom is 0.137 e. The van der Waals surface area contributed by atoms with E-state index in [0.717, 1.165) is 56.1 Å². The van der Waals surface area contributed by atoms with Crippen LogP contribution in [0.3, 0.4) is 0 Å². The van der Waals surface area contributed by atoms with Crippen LogP contribution in [0.5, 0.6) is 0 Å². The molecule has 9 aromatic carbocycles. The molecule has 0 saturated heterocycles. The zero-order valence-electron chi connectivity index (χ0n) is 28.9. The molecule has 3 heteroatoms. The fraction of sp³-hybridized carbons (Fsp3) is 0. The minimum absolute atomic E-state index is 0.862. The summed E-state index contributed by atoms with van der Waals surface area (Å²) >= 11 is 0. The summed E-state index contributed by atoms with van der Waals surface area (Å²) in [5.74, 6) is 0. The van der Waals surface area contributed by atoms with Gasteiger partial charge in [-0.05, 0) is 106 Å². The average molecular weight is 679 g/mol. The first kappa shape index (κ1) is 30.7. The van der Waals surface area contributed by atoms with Crippen LogP contribution < -0.4 is 9.80 Å². The van der Waals surface area contributed by atoms with Gasteiger partial charge in [-0.3, -0.25) is 0 Å². The Labute approximate surface area is 308 Å². The molecular formula is C50H34N2O. The molecule has 0 aliphatic heterocycles. The standard InChI is InChI=1S/C50H34N2O/c1-3-17-38(18-4-1)51(39-19-5-2-6-20-39)40-30-32-41(33-31-40)52(47-25-13-27-49-50(47)44-22-9-10-26-48(44)53-49)46-24-12-16-36-28-29-37(34-45(36)46)43-23-11-15-35-14-7-8-21-42(35)43/h1-34H. The summed E-state index contributed by atoms with van der Waals surface area (Å²) in [7, 11) is 0. The van der Waals surface area contributed by atoms with Crippen LogP contribution >= 0.6 is 0 Å². The van der Waals surface area contributed by atoms with Crippen molar-refractivity contribution in [3.63, 3.8) is 0 Å². The van der Waals surface area contributed by atoms with Gasteiger partial charge in [0.05, 0.1) is 16.8 Å². The van der Waals surface area contributed by atoms with Crippen LogP contribution in [0.1, 0.15) is 0 Å². The predicted molar refractivity (Wildman–Crippen MR) is 224 cm³/mol. The molecule has 0 radical (unpaired) electrons. The fourth-order valence-electron chi connectivity index (χ4n) is 7.80. The molecule has 10 aromatic rings. The van der Waals surface area contributed by atoms with Crippen molar-refractivity contribution in [2.45, 2.75) is 0 Å². The number of para-hydroxylation sites is 3. The number of furan rings is 1. The number of benzene rings is 9. The summed E-state index contributed by atoms with van der Waals surface area (Å²) in [6.07, 6.45) is 0. The third-order valence-corrected chi connectivity index (χ3v) is 10.2. The van der Waals surface area contributed by atoms with Gasteiger partial charge in [-0.15, -0.1) is 0 Å². The smallest absolute Gasteiger partial charge is 0.137 e. The van der Waals surface area contributed by atoms with Crippen LogP contribution in [0, 0.1) is 0 Å². The molecule has 0 saturated carbocycles. The maximum absolute atomic E-state index is 6.44. The predicted octanol–water partition coefficient (Wildman–Crippen LogP) is 14.5. The highest BCUT2D eigenvalue weighted by Gasteiger charge is 2.22. The first-order chi connectivity index (χ1) is 26.3. The highest BCUT2D eigenvalue weighted by molar-refractivity contribution is 6.15. The molecule has 1 aromatic heterocycles. The van der Waals surface area contributed by atoms with E-state index in [1.165, 1.54) is 32.7 Å². The lowest BCUT2D eigenvalue weighted by Crippen LogP contribution is -2.12. The van der Waals surface area contributed by atoms with Gasteiger partial charge in [0.1, 0.15) is 11.2 Å². The number of fused-ring (bicyclic) bond motifs is 5. The highest BCUT2D eigenvalue weighted by Crippen LogP contribution is 2.46. The van der Waals surface area contributed by atoms with Crippen molar-refractivity contribution < 1.29 is 4.42 Å². The first-order valence-electron chi connectivity index (χ1n) is 18.0. The van der Waals surface area contributed by atoms with Crippen molar-refractivity contribution in [2.75, 3.05) is 9.80 Å². The molecule has 0 N–H and O–H groups in total. The van der Waals surface area contributed by atoms with E-state index in [1.54, 1.807) is 0 Å². The number of anilines is 6. The lowest BCUT2D eigenvalue weighted by atomic mass is 9.95. The highest BCUT2D eigenvalue weighted by atomic mass is 16.3. The Kier molecular flexibility index (Phi) is 7.47. The molecule has 0 spiro atoms. The summed E-state index contributed by atoms with van der Waals surface area (Å²) in [5.41, 5.74) is 10.6. The summed E-state index contributed by atoms with van der Waals surface area (Å²) in [6.45, 7) is 0. The minimum atomic E-state index is 0.862. The molecule has 250 valence electrons. The van der Waals surface area contributed by atoms with Crippen molar-refractivity contribution >= 4 is 77.6 Å². The van der Waals surface area contributed by atoms with Gasteiger partial charge in [-0.2, -0.15) is 0 Å². The second-order valence-corrected chi connectivity index (χ2v) is 13.3. The number of hydrogen-bond acceptors (Lipinski definition) is 3. The van der Waals surface area contributed by atoms with Gasteiger partial charge in [-0.25, -0.2) is 0 Å². The molecule has 3 nitrogen and oxygen atoms in total. The van der Waals surface area contributed by atoms with E-state index in [-0.39, 0.29) is 0 Å². The molecule has 0 amide bonds. The normalized spacial score (nSPS) is 11.4. The SMILES string of the molecule is c1ccc(N(c2ccccc2)c2ccc(N(c3cccc4ccc(-c5cccc6ccccc56)cc34)c3cccc4oc5ccccc5c34)cc2)cc1. The van der Waals surface area contributed by atoms with Gasteiger partial charge >= 0.3 is 0 Å². The number of nitrogens with zero attached hydrogens (tertiary/aromatic N) is 2. The van der Waals surface area contributed by atoms with E-state index in [9.17, 15) is 0 Å². The monoisotopic (exact) mass is 678 g/mol. The minimum Gasteiger partial charge on any atom is -0.456 e. The van der Waals surface area contributed by atoms with Crippen LogP contribution in [0.2, 0.25) is 0 Å². The van der Waals surface area contributed by atoms with E-state index < -0.39 is 0 Å². The Hall–Kier alpha value is -7.10. The molecule has 0 bridgehead atoms. The van der Waals surface area contributed by atoms with Crippen LogP contribution in [0.15, 0.2) is 211 Å². The Morgan fingerprint density at radius 2 is 0.849 bits per heavy atom. The first-order valence-corrected chi connectivity index (χ1v) is 18.0. The molecule has 53 heavy (non-hydrogen) atoms. The van der Waals surface area contributed by atoms with Crippen molar-refractivity contribution in [2.24, 2.45) is 0 Å². The van der Waals surface area contributed by atoms with Gasteiger partial charge in [0.2, 0.25) is 0 Å². The summed E-state index contributed by atoms with van der Waals surface area (Å²) < 4.78 is 6.44. The molecule has 0 unspecified atom stereocenters. The molecule has 0 aliphatic carbocycles. The van der Waals surface area contributed by atoms with Crippen molar-refractivity contribution in [3.05, 3.63) is 206 Å². The van der Waals surface area contributed by atoms with E-state index in [4.69, 9.17) is 4.42 Å². The van der Waals surface area contributed by atoms with Crippen LogP contribution in [-0.4, -0.2) is 0 Å². The zero-order chi connectivity index (χ0) is 35.1. The Balaban J connectivity index is 1.20. The van der Waals surface area contributed by atoms with E-state index in [2.05, 4.69) is 204 Å². The number of hydrogen-bond donors (Lipinski definition) is 0. The Bertz CT molecular complexity index is 2850. The maximum atomic E-state index is 6.44. The van der Waals surface area contributed by atoms with E-state index in [1.807, 2.05) is 12.1 Å². The molecule has 0 fully saturated rings. The molecule has 0 atom stereocenters.